The molecular weight excluding hydrogens is 112 g/mol. The molecule has 1 atom stereocenters. The van der Waals surface area contributed by atoms with Gasteiger partial charge in [0.05, 0.1) is 12.7 Å². The van der Waals surface area contributed by atoms with E-state index in [1.54, 1.807) is 0 Å². The third-order valence-electron chi connectivity index (χ3n) is 1.63. The van der Waals surface area contributed by atoms with Crippen molar-refractivity contribution in [3.05, 3.63) is 12.2 Å². The van der Waals surface area contributed by atoms with Crippen LogP contribution >= 0.6 is 0 Å². The zero-order valence-electron chi connectivity index (χ0n) is 5.97. The van der Waals surface area contributed by atoms with Crippen molar-refractivity contribution in [1.82, 2.24) is 0 Å². The van der Waals surface area contributed by atoms with E-state index in [1.807, 2.05) is 0 Å². The van der Waals surface area contributed by atoms with Crippen LogP contribution in [0.2, 0.25) is 0 Å². The minimum atomic E-state index is 0.468. The topological polar surface area (TPSA) is 9.23 Å². The molecule has 0 saturated carbocycles. The maximum Gasteiger partial charge on any atom is 0.0651 e. The van der Waals surface area contributed by atoms with Crippen LogP contribution < -0.4 is 0 Å². The molecule has 0 fully saturated rings. The highest BCUT2D eigenvalue weighted by Crippen LogP contribution is 2.07. The minimum absolute atomic E-state index is 0.468. The molecule has 0 spiro atoms. The lowest BCUT2D eigenvalue weighted by molar-refractivity contribution is 0.0782. The molecule has 0 aromatic rings. The van der Waals surface area contributed by atoms with Crippen molar-refractivity contribution in [1.29, 1.82) is 0 Å². The van der Waals surface area contributed by atoms with Crippen molar-refractivity contribution < 1.29 is 4.74 Å². The van der Waals surface area contributed by atoms with E-state index >= 15 is 0 Å². The van der Waals surface area contributed by atoms with Crippen LogP contribution in [0.3, 0.4) is 0 Å². The maximum absolute atomic E-state index is 5.40. The van der Waals surface area contributed by atoms with Gasteiger partial charge in [-0.2, -0.15) is 0 Å². The third kappa shape index (κ3) is 2.66. The Hall–Kier alpha value is -0.300. The van der Waals surface area contributed by atoms with Gasteiger partial charge in [-0.3, -0.25) is 0 Å². The molecule has 1 heterocycles. The Kier molecular flexibility index (Phi) is 2.78. The average molecular weight is 126 g/mol. The van der Waals surface area contributed by atoms with Crippen molar-refractivity contribution in [3.8, 4) is 0 Å². The van der Waals surface area contributed by atoms with Gasteiger partial charge in [0.25, 0.3) is 0 Å². The first-order valence-electron chi connectivity index (χ1n) is 3.66. The van der Waals surface area contributed by atoms with E-state index in [-0.39, 0.29) is 0 Å². The maximum atomic E-state index is 5.40. The monoisotopic (exact) mass is 126 g/mol. The number of hydrogen-bond donors (Lipinski definition) is 0. The summed E-state index contributed by atoms with van der Waals surface area (Å²) in [5.74, 6) is 0. The molecule has 0 amide bonds. The van der Waals surface area contributed by atoms with E-state index in [0.29, 0.717) is 6.10 Å². The Labute approximate surface area is 56.7 Å². The van der Waals surface area contributed by atoms with E-state index in [9.17, 15) is 0 Å². The number of allylic oxidation sites excluding steroid dienone is 1. The second kappa shape index (κ2) is 3.67. The highest BCUT2D eigenvalue weighted by atomic mass is 16.5. The lowest BCUT2D eigenvalue weighted by Gasteiger charge is -2.12. The van der Waals surface area contributed by atoms with Crippen LogP contribution in [-0.2, 0) is 4.74 Å². The Morgan fingerprint density at radius 3 is 3.22 bits per heavy atom. The smallest absolute Gasteiger partial charge is 0.0651 e. The van der Waals surface area contributed by atoms with Crippen LogP contribution in [0.5, 0.6) is 0 Å². The Morgan fingerprint density at radius 1 is 1.44 bits per heavy atom. The van der Waals surface area contributed by atoms with Crippen LogP contribution in [0.25, 0.3) is 0 Å². The summed E-state index contributed by atoms with van der Waals surface area (Å²) in [5, 5.41) is 0. The molecule has 0 aromatic heterocycles. The van der Waals surface area contributed by atoms with Gasteiger partial charge in [-0.25, -0.2) is 0 Å². The molecule has 1 heteroatoms. The predicted molar refractivity (Wildman–Crippen MR) is 38.4 cm³/mol. The summed E-state index contributed by atoms with van der Waals surface area (Å²) in [7, 11) is 0. The summed E-state index contributed by atoms with van der Waals surface area (Å²) in [4.78, 5) is 0. The molecule has 0 N–H and O–H groups in total. The normalized spacial score (nSPS) is 32.8. The summed E-state index contributed by atoms with van der Waals surface area (Å²) >= 11 is 0. The standard InChI is InChI=1S/C8H14O/c1-8-6-4-2-3-5-7-9-8/h3,5,8H,2,4,6-7H2,1H3/b5-3+. The summed E-state index contributed by atoms with van der Waals surface area (Å²) < 4.78 is 5.40. The highest BCUT2D eigenvalue weighted by Gasteiger charge is 2.00. The Morgan fingerprint density at radius 2 is 2.33 bits per heavy atom. The molecule has 1 aliphatic rings. The van der Waals surface area contributed by atoms with Crippen molar-refractivity contribution in [3.63, 3.8) is 0 Å². The zero-order chi connectivity index (χ0) is 6.53. The second-order valence-corrected chi connectivity index (χ2v) is 2.55. The molecule has 52 valence electrons. The minimum Gasteiger partial charge on any atom is -0.374 e. The molecule has 1 aliphatic heterocycles. The van der Waals surface area contributed by atoms with E-state index in [4.69, 9.17) is 4.74 Å². The van der Waals surface area contributed by atoms with Crippen LogP contribution in [0.15, 0.2) is 12.2 Å². The molecule has 0 saturated heterocycles. The van der Waals surface area contributed by atoms with Gasteiger partial charge >= 0.3 is 0 Å². The average Bonchev–Trinajstić information content (AvgIpc) is 1.79. The van der Waals surface area contributed by atoms with E-state index < -0.39 is 0 Å². The van der Waals surface area contributed by atoms with Crippen LogP contribution in [-0.4, -0.2) is 12.7 Å². The summed E-state index contributed by atoms with van der Waals surface area (Å²) in [6, 6.07) is 0. The second-order valence-electron chi connectivity index (χ2n) is 2.55. The lowest BCUT2D eigenvalue weighted by atomic mass is 10.1. The van der Waals surface area contributed by atoms with Gasteiger partial charge in [0.1, 0.15) is 0 Å². The summed E-state index contributed by atoms with van der Waals surface area (Å²) in [5.41, 5.74) is 0. The molecule has 0 radical (unpaired) electrons. The molecule has 0 aromatic carbocycles. The first-order valence-corrected chi connectivity index (χ1v) is 3.66. The molecular formula is C8H14O. The summed E-state index contributed by atoms with van der Waals surface area (Å²) in [6.45, 7) is 2.94. The number of hydrogen-bond acceptors (Lipinski definition) is 1. The molecule has 9 heavy (non-hydrogen) atoms. The van der Waals surface area contributed by atoms with Gasteiger partial charge in [0.2, 0.25) is 0 Å². The fraction of sp³-hybridized carbons (Fsp3) is 0.750. The lowest BCUT2D eigenvalue weighted by Crippen LogP contribution is -2.08. The fourth-order valence-electron chi connectivity index (χ4n) is 1.01. The summed E-state index contributed by atoms with van der Waals surface area (Å²) in [6.07, 6.45) is 8.49. The van der Waals surface area contributed by atoms with E-state index in [2.05, 4.69) is 19.1 Å². The van der Waals surface area contributed by atoms with Gasteiger partial charge in [0.15, 0.2) is 0 Å². The van der Waals surface area contributed by atoms with Crippen LogP contribution in [0, 0.1) is 0 Å². The zero-order valence-corrected chi connectivity index (χ0v) is 5.97. The number of rotatable bonds is 0. The third-order valence-corrected chi connectivity index (χ3v) is 1.63. The Bertz CT molecular complexity index is 96.7. The van der Waals surface area contributed by atoms with Gasteiger partial charge in [-0.1, -0.05) is 12.2 Å². The molecule has 1 rings (SSSR count). The predicted octanol–water partition coefficient (Wildman–Crippen LogP) is 2.13. The first kappa shape index (κ1) is 6.81. The molecule has 0 aliphatic carbocycles. The highest BCUT2D eigenvalue weighted by molar-refractivity contribution is 4.83. The van der Waals surface area contributed by atoms with Gasteiger partial charge < -0.3 is 4.74 Å². The van der Waals surface area contributed by atoms with Crippen molar-refractivity contribution in [2.24, 2.45) is 0 Å². The van der Waals surface area contributed by atoms with E-state index in [0.717, 1.165) is 6.61 Å². The van der Waals surface area contributed by atoms with Crippen LogP contribution in [0.4, 0.5) is 0 Å². The van der Waals surface area contributed by atoms with Gasteiger partial charge in [-0.05, 0) is 26.2 Å². The van der Waals surface area contributed by atoms with E-state index in [1.165, 1.54) is 19.3 Å². The first-order chi connectivity index (χ1) is 4.39. The largest absolute Gasteiger partial charge is 0.374 e. The van der Waals surface area contributed by atoms with Gasteiger partial charge in [0, 0.05) is 0 Å². The van der Waals surface area contributed by atoms with Crippen molar-refractivity contribution in [2.45, 2.75) is 32.3 Å². The quantitative estimate of drug-likeness (QED) is 0.452. The van der Waals surface area contributed by atoms with Gasteiger partial charge in [-0.15, -0.1) is 0 Å². The molecule has 1 unspecified atom stereocenters. The molecule has 1 nitrogen and oxygen atoms in total. The van der Waals surface area contributed by atoms with Crippen LogP contribution in [0.1, 0.15) is 26.2 Å². The SMILES string of the molecule is CC1CCC/C=C/CO1. The molecule has 0 bridgehead atoms. The van der Waals surface area contributed by atoms with Crippen molar-refractivity contribution in [2.75, 3.05) is 6.61 Å². The fourth-order valence-corrected chi connectivity index (χ4v) is 1.01. The Balaban J connectivity index is 2.27. The number of ether oxygens (including phenoxy) is 1. The van der Waals surface area contributed by atoms with Crippen molar-refractivity contribution >= 4 is 0 Å².